The van der Waals surface area contributed by atoms with Crippen LogP contribution in [-0.4, -0.2) is 15.9 Å². The molecular weight excluding hydrogens is 292 g/mol. The predicted molar refractivity (Wildman–Crippen MR) is 84.7 cm³/mol. The van der Waals surface area contributed by atoms with Gasteiger partial charge in [-0.15, -0.1) is 0 Å². The molecule has 114 valence electrons. The van der Waals surface area contributed by atoms with Gasteiger partial charge in [-0.05, 0) is 30.8 Å². The molecule has 3 N–H and O–H groups in total. The van der Waals surface area contributed by atoms with Gasteiger partial charge >= 0.3 is 0 Å². The maximum atomic E-state index is 11.5. The number of carbonyl (C=O) groups is 1. The molecule has 0 aliphatic heterocycles. The molecule has 0 aromatic heterocycles. The van der Waals surface area contributed by atoms with Crippen LogP contribution in [0.15, 0.2) is 24.3 Å². The van der Waals surface area contributed by atoms with Crippen LogP contribution in [0.3, 0.4) is 0 Å². The zero-order valence-corrected chi connectivity index (χ0v) is 12.5. The maximum Gasteiger partial charge on any atom is 0.269 e. The number of unbranched alkanes of at least 4 members (excludes halogenated alkanes) is 2. The van der Waals surface area contributed by atoms with Gasteiger partial charge in [-0.1, -0.05) is 19.8 Å². The molecule has 1 aromatic rings. The van der Waals surface area contributed by atoms with Gasteiger partial charge in [0.05, 0.1) is 10.6 Å². The fourth-order valence-electron chi connectivity index (χ4n) is 1.55. The van der Waals surface area contributed by atoms with Crippen LogP contribution in [0.1, 0.15) is 32.6 Å². The topological polar surface area (TPSA) is 96.3 Å². The van der Waals surface area contributed by atoms with Crippen molar-refractivity contribution < 1.29 is 9.72 Å². The van der Waals surface area contributed by atoms with E-state index in [1.54, 1.807) is 0 Å². The number of hydrogen-bond donors (Lipinski definition) is 3. The third-order valence-electron chi connectivity index (χ3n) is 2.66. The van der Waals surface area contributed by atoms with Crippen LogP contribution in [-0.2, 0) is 4.79 Å². The highest BCUT2D eigenvalue weighted by Gasteiger charge is 2.05. The summed E-state index contributed by atoms with van der Waals surface area (Å²) in [7, 11) is 0. The predicted octanol–water partition coefficient (Wildman–Crippen LogP) is 2.49. The van der Waals surface area contributed by atoms with Crippen LogP contribution in [0.25, 0.3) is 0 Å². The Morgan fingerprint density at radius 2 is 1.95 bits per heavy atom. The van der Waals surface area contributed by atoms with Crippen LogP contribution in [0.2, 0.25) is 0 Å². The Morgan fingerprint density at radius 3 is 2.52 bits per heavy atom. The second-order valence-corrected chi connectivity index (χ2v) is 4.80. The van der Waals surface area contributed by atoms with Crippen molar-refractivity contribution in [3.05, 3.63) is 34.4 Å². The molecule has 0 bridgehead atoms. The summed E-state index contributed by atoms with van der Waals surface area (Å²) in [6, 6.07) is 5.82. The highest BCUT2D eigenvalue weighted by Crippen LogP contribution is 2.14. The molecule has 0 spiro atoms. The summed E-state index contributed by atoms with van der Waals surface area (Å²) in [6.07, 6.45) is 3.33. The van der Waals surface area contributed by atoms with Gasteiger partial charge in [-0.3, -0.25) is 25.8 Å². The number of amides is 1. The number of nitro groups is 1. The number of nitro benzene ring substituents is 1. The Bertz CT molecular complexity index is 505. The number of hydrazine groups is 1. The third kappa shape index (κ3) is 6.66. The fraction of sp³-hybridized carbons (Fsp3) is 0.385. The number of nitrogens with zero attached hydrogens (tertiary/aromatic N) is 1. The van der Waals surface area contributed by atoms with Crippen molar-refractivity contribution >= 4 is 34.6 Å². The fourth-order valence-corrected chi connectivity index (χ4v) is 1.72. The van der Waals surface area contributed by atoms with Gasteiger partial charge in [0.25, 0.3) is 5.69 Å². The minimum atomic E-state index is -0.474. The molecule has 1 rings (SSSR count). The van der Waals surface area contributed by atoms with Gasteiger partial charge in [0.1, 0.15) is 0 Å². The summed E-state index contributed by atoms with van der Waals surface area (Å²) in [6.45, 7) is 2.07. The number of hydrogen-bond acceptors (Lipinski definition) is 5. The zero-order valence-electron chi connectivity index (χ0n) is 11.7. The van der Waals surface area contributed by atoms with Crippen molar-refractivity contribution in [2.24, 2.45) is 0 Å². The molecule has 21 heavy (non-hydrogen) atoms. The molecule has 0 fully saturated rings. The average Bonchev–Trinajstić information content (AvgIpc) is 2.46. The van der Waals surface area contributed by atoms with Gasteiger partial charge in [0, 0.05) is 18.6 Å². The van der Waals surface area contributed by atoms with Crippen LogP contribution in [0.4, 0.5) is 11.4 Å². The Morgan fingerprint density at radius 1 is 1.29 bits per heavy atom. The van der Waals surface area contributed by atoms with Crippen molar-refractivity contribution in [2.45, 2.75) is 32.6 Å². The van der Waals surface area contributed by atoms with Gasteiger partial charge < -0.3 is 5.32 Å². The molecule has 0 aliphatic rings. The van der Waals surface area contributed by atoms with Crippen LogP contribution >= 0.6 is 12.2 Å². The highest BCUT2D eigenvalue weighted by atomic mass is 32.1. The van der Waals surface area contributed by atoms with Crippen LogP contribution < -0.4 is 16.2 Å². The summed E-state index contributed by atoms with van der Waals surface area (Å²) in [5, 5.41) is 13.2. The van der Waals surface area contributed by atoms with Crippen LogP contribution in [0, 0.1) is 10.1 Å². The molecule has 0 saturated heterocycles. The average molecular weight is 310 g/mol. The molecule has 0 saturated carbocycles. The maximum absolute atomic E-state index is 11.5. The molecule has 0 heterocycles. The van der Waals surface area contributed by atoms with Crippen molar-refractivity contribution in [3.8, 4) is 0 Å². The van der Waals surface area contributed by atoms with E-state index in [4.69, 9.17) is 12.2 Å². The van der Waals surface area contributed by atoms with E-state index in [2.05, 4.69) is 23.1 Å². The summed E-state index contributed by atoms with van der Waals surface area (Å²) in [4.78, 5) is 21.6. The van der Waals surface area contributed by atoms with Gasteiger partial charge in [-0.2, -0.15) is 0 Å². The third-order valence-corrected chi connectivity index (χ3v) is 2.86. The van der Waals surface area contributed by atoms with Crippen molar-refractivity contribution in [3.63, 3.8) is 0 Å². The van der Waals surface area contributed by atoms with E-state index >= 15 is 0 Å². The first-order valence-electron chi connectivity index (χ1n) is 6.63. The Hall–Kier alpha value is -2.22. The van der Waals surface area contributed by atoms with Gasteiger partial charge in [0.15, 0.2) is 5.11 Å². The number of rotatable bonds is 7. The number of thiocarbonyl (C=S) groups is 1. The number of nitrogens with one attached hydrogen (secondary N) is 3. The first kappa shape index (κ1) is 16.8. The molecule has 7 nitrogen and oxygen atoms in total. The first-order chi connectivity index (χ1) is 10.0. The number of benzene rings is 1. The SMILES string of the molecule is CCCCCC(=O)NC(=S)NNc1ccc([N+](=O)[O-])cc1. The lowest BCUT2D eigenvalue weighted by atomic mass is 10.2. The van der Waals surface area contributed by atoms with E-state index in [0.29, 0.717) is 12.1 Å². The highest BCUT2D eigenvalue weighted by molar-refractivity contribution is 7.80. The molecule has 1 aromatic carbocycles. The molecule has 0 radical (unpaired) electrons. The normalized spacial score (nSPS) is 9.76. The van der Waals surface area contributed by atoms with E-state index in [0.717, 1.165) is 19.3 Å². The Balaban J connectivity index is 2.32. The largest absolute Gasteiger partial charge is 0.302 e. The van der Waals surface area contributed by atoms with E-state index in [1.165, 1.54) is 24.3 Å². The lowest BCUT2D eigenvalue weighted by Crippen LogP contribution is -2.41. The van der Waals surface area contributed by atoms with Gasteiger partial charge in [0.2, 0.25) is 5.91 Å². The quantitative estimate of drug-likeness (QED) is 0.310. The monoisotopic (exact) mass is 310 g/mol. The van der Waals surface area contributed by atoms with Crippen molar-refractivity contribution in [1.82, 2.24) is 10.7 Å². The summed E-state index contributed by atoms with van der Waals surface area (Å²) < 4.78 is 0. The molecule has 0 unspecified atom stereocenters. The molecule has 8 heteroatoms. The van der Waals surface area contributed by atoms with E-state index in [9.17, 15) is 14.9 Å². The summed E-state index contributed by atoms with van der Waals surface area (Å²) >= 11 is 4.96. The van der Waals surface area contributed by atoms with Gasteiger partial charge in [-0.25, -0.2) is 0 Å². The second kappa shape index (κ2) is 8.85. The second-order valence-electron chi connectivity index (χ2n) is 4.39. The minimum Gasteiger partial charge on any atom is -0.302 e. The van der Waals surface area contributed by atoms with E-state index in [1.807, 2.05) is 0 Å². The van der Waals surface area contributed by atoms with E-state index in [-0.39, 0.29) is 16.7 Å². The van der Waals surface area contributed by atoms with Crippen molar-refractivity contribution in [1.29, 1.82) is 0 Å². The van der Waals surface area contributed by atoms with E-state index < -0.39 is 4.92 Å². The Labute approximate surface area is 128 Å². The molecule has 0 aliphatic carbocycles. The summed E-state index contributed by atoms with van der Waals surface area (Å²) in [5.74, 6) is -0.133. The number of carbonyl (C=O) groups excluding carboxylic acids is 1. The smallest absolute Gasteiger partial charge is 0.269 e. The molecule has 1 amide bonds. The Kier molecular flexibility index (Phi) is 7.10. The zero-order chi connectivity index (χ0) is 15.7. The summed E-state index contributed by atoms with van der Waals surface area (Å²) in [5.41, 5.74) is 6.01. The minimum absolute atomic E-state index is 0.00681. The number of anilines is 1. The number of non-ortho nitro benzene ring substituents is 1. The van der Waals surface area contributed by atoms with Crippen molar-refractivity contribution in [2.75, 3.05) is 5.43 Å². The van der Waals surface area contributed by atoms with Crippen LogP contribution in [0.5, 0.6) is 0 Å². The first-order valence-corrected chi connectivity index (χ1v) is 7.04. The standard InChI is InChI=1S/C13H18N4O3S/c1-2-3-4-5-12(18)14-13(21)16-15-10-6-8-11(9-7-10)17(19)20/h6-9,15H,2-5H2,1H3,(H2,14,16,18,21). The molecular formula is C13H18N4O3S. The molecule has 0 atom stereocenters. The lowest BCUT2D eigenvalue weighted by molar-refractivity contribution is -0.384. The lowest BCUT2D eigenvalue weighted by Gasteiger charge is -2.11.